The number of pyridine rings is 1. The number of rotatable bonds is 7. The normalized spacial score (nSPS) is 13.3. The number of amides is 1. The lowest BCUT2D eigenvalue weighted by molar-refractivity contribution is -0.141. The number of anilines is 1. The molecule has 3 rings (SSSR count). The Balaban J connectivity index is 1.88. The lowest BCUT2D eigenvalue weighted by Gasteiger charge is -2.36. The molecule has 0 atom stereocenters. The smallest absolute Gasteiger partial charge is 0.415 e. The number of hydrogen-bond acceptors (Lipinski definition) is 5. The van der Waals surface area contributed by atoms with Crippen molar-refractivity contribution in [3.8, 4) is 0 Å². The molecular weight excluding hydrogens is 489 g/mol. The molecule has 0 aliphatic rings. The highest BCUT2D eigenvalue weighted by Crippen LogP contribution is 2.36. The number of hydrogen-bond donors (Lipinski definition) is 2. The summed E-state index contributed by atoms with van der Waals surface area (Å²) in [5.74, 6) is -0.818. The third-order valence-electron chi connectivity index (χ3n) is 6.46. The molecule has 0 fully saturated rings. The Morgan fingerprint density at radius 2 is 1.81 bits per heavy atom. The second-order valence-electron chi connectivity index (χ2n) is 10.9. The largest absolute Gasteiger partial charge is 0.433 e. The molecule has 3 aromatic rings. The molecule has 2 N–H and O–H groups in total. The van der Waals surface area contributed by atoms with Gasteiger partial charge < -0.3 is 14.8 Å². The minimum absolute atomic E-state index is 0.0883. The summed E-state index contributed by atoms with van der Waals surface area (Å²) in [6.07, 6.45) is -2.87. The zero-order valence-corrected chi connectivity index (χ0v) is 22.6. The van der Waals surface area contributed by atoms with Crippen molar-refractivity contribution in [3.05, 3.63) is 53.5 Å². The van der Waals surface area contributed by atoms with Crippen molar-refractivity contribution in [3.63, 3.8) is 0 Å². The van der Waals surface area contributed by atoms with Gasteiger partial charge >= 0.3 is 6.18 Å². The van der Waals surface area contributed by atoms with Gasteiger partial charge in [0.05, 0.1) is 24.3 Å². The maximum Gasteiger partial charge on any atom is 0.433 e. The molecule has 2 aromatic heterocycles. The molecular formula is C25H33F3N4O3Si. The van der Waals surface area contributed by atoms with Crippen LogP contribution in [0, 0.1) is 0 Å². The van der Waals surface area contributed by atoms with Crippen LogP contribution in [0.4, 0.5) is 18.9 Å². The van der Waals surface area contributed by atoms with E-state index in [0.29, 0.717) is 29.6 Å². The maximum absolute atomic E-state index is 13.0. The molecule has 0 unspecified atom stereocenters. The van der Waals surface area contributed by atoms with Crippen LogP contribution in [0.3, 0.4) is 0 Å². The number of aliphatic hydroxyl groups is 1. The first kappa shape index (κ1) is 27.8. The predicted octanol–water partition coefficient (Wildman–Crippen LogP) is 5.95. The minimum atomic E-state index is -4.67. The van der Waals surface area contributed by atoms with Gasteiger partial charge in [0.1, 0.15) is 11.4 Å². The summed E-state index contributed by atoms with van der Waals surface area (Å²) in [5, 5.41) is 18.7. The van der Waals surface area contributed by atoms with Gasteiger partial charge in [-0.1, -0.05) is 26.8 Å². The average molecular weight is 523 g/mol. The molecule has 1 amide bonds. The minimum Gasteiger partial charge on any atom is -0.415 e. The Bertz CT molecular complexity index is 1260. The van der Waals surface area contributed by atoms with E-state index in [4.69, 9.17) is 4.43 Å². The molecule has 0 bridgehead atoms. The summed E-state index contributed by atoms with van der Waals surface area (Å²) in [7, 11) is -1.91. The van der Waals surface area contributed by atoms with E-state index in [-0.39, 0.29) is 16.4 Å². The van der Waals surface area contributed by atoms with Gasteiger partial charge in [0.25, 0.3) is 5.91 Å². The Morgan fingerprint density at radius 1 is 1.14 bits per heavy atom. The van der Waals surface area contributed by atoms with Crippen molar-refractivity contribution >= 4 is 30.8 Å². The Labute approximate surface area is 209 Å². The molecule has 1 aromatic carbocycles. The van der Waals surface area contributed by atoms with Crippen LogP contribution in [0.1, 0.15) is 56.4 Å². The number of carbonyl (C=O) groups is 1. The van der Waals surface area contributed by atoms with Crippen LogP contribution >= 0.6 is 0 Å². The van der Waals surface area contributed by atoms with Crippen LogP contribution < -0.4 is 5.32 Å². The van der Waals surface area contributed by atoms with Gasteiger partial charge in [0, 0.05) is 22.8 Å². The number of nitrogens with one attached hydrogen (secondary N) is 1. The predicted molar refractivity (Wildman–Crippen MR) is 135 cm³/mol. The van der Waals surface area contributed by atoms with Crippen molar-refractivity contribution in [1.29, 1.82) is 0 Å². The Hall–Kier alpha value is -2.76. The van der Waals surface area contributed by atoms with E-state index in [0.717, 1.165) is 12.1 Å². The van der Waals surface area contributed by atoms with Crippen LogP contribution in [0.5, 0.6) is 0 Å². The third kappa shape index (κ3) is 6.32. The highest BCUT2D eigenvalue weighted by atomic mass is 28.4. The number of halogens is 3. The van der Waals surface area contributed by atoms with Crippen molar-refractivity contribution in [2.45, 2.75) is 71.1 Å². The number of fused-ring (bicyclic) bond motifs is 1. The van der Waals surface area contributed by atoms with Gasteiger partial charge in [0.15, 0.2) is 8.32 Å². The number of alkyl halides is 3. The number of aromatic nitrogens is 3. The Kier molecular flexibility index (Phi) is 7.42. The van der Waals surface area contributed by atoms with Crippen LogP contribution in [0.15, 0.2) is 36.5 Å². The standard InChI is InChI=1S/C25H33F3N4O3Si/c1-23(2,3)36(6,7)35-12-11-32-15-16-13-20(17(24(4,5)34)14-19(16)31-32)30-22(33)18-9-8-10-21(29-18)25(26,27)28/h8-10,13-15,34H,11-12H2,1-7H3,(H,30,33). The fraction of sp³-hybridized carbons (Fsp3) is 0.480. The van der Waals surface area contributed by atoms with E-state index in [1.165, 1.54) is 6.07 Å². The molecule has 0 aliphatic heterocycles. The molecule has 36 heavy (non-hydrogen) atoms. The molecule has 11 heteroatoms. The molecule has 0 aliphatic carbocycles. The van der Waals surface area contributed by atoms with E-state index < -0.39 is 31.7 Å². The Morgan fingerprint density at radius 3 is 2.39 bits per heavy atom. The van der Waals surface area contributed by atoms with E-state index in [2.05, 4.69) is 49.3 Å². The fourth-order valence-corrected chi connectivity index (χ4v) is 4.40. The van der Waals surface area contributed by atoms with Gasteiger partial charge in [-0.15, -0.1) is 0 Å². The molecule has 196 valence electrons. The van der Waals surface area contributed by atoms with Crippen LogP contribution in [-0.2, 0) is 22.7 Å². The van der Waals surface area contributed by atoms with E-state index in [1.54, 1.807) is 36.9 Å². The second kappa shape index (κ2) is 9.60. The van der Waals surface area contributed by atoms with Crippen molar-refractivity contribution in [1.82, 2.24) is 14.8 Å². The summed E-state index contributed by atoms with van der Waals surface area (Å²) in [4.78, 5) is 16.2. The summed E-state index contributed by atoms with van der Waals surface area (Å²) in [6.45, 7) is 15.0. The number of carbonyl (C=O) groups excluding carboxylic acids is 1. The van der Waals surface area contributed by atoms with Gasteiger partial charge in [-0.05, 0) is 56.2 Å². The summed E-state index contributed by atoms with van der Waals surface area (Å²) < 4.78 is 47.0. The first-order valence-electron chi connectivity index (χ1n) is 11.6. The van der Waals surface area contributed by atoms with Crippen LogP contribution in [0.2, 0.25) is 18.1 Å². The quantitative estimate of drug-likeness (QED) is 0.374. The lowest BCUT2D eigenvalue weighted by atomic mass is 9.95. The zero-order chi connectivity index (χ0) is 27.1. The average Bonchev–Trinajstić information content (AvgIpc) is 3.12. The summed E-state index contributed by atoms with van der Waals surface area (Å²) in [5.41, 5.74) is -1.66. The molecule has 0 spiro atoms. The monoisotopic (exact) mass is 522 g/mol. The number of nitrogens with zero attached hydrogens (tertiary/aromatic N) is 3. The zero-order valence-electron chi connectivity index (χ0n) is 21.6. The molecule has 2 heterocycles. The first-order valence-corrected chi connectivity index (χ1v) is 14.5. The topological polar surface area (TPSA) is 89.3 Å². The van der Waals surface area contributed by atoms with Gasteiger partial charge in [-0.3, -0.25) is 9.48 Å². The highest BCUT2D eigenvalue weighted by Gasteiger charge is 2.37. The fourth-order valence-electron chi connectivity index (χ4n) is 3.36. The van der Waals surface area contributed by atoms with Crippen molar-refractivity contribution in [2.75, 3.05) is 11.9 Å². The highest BCUT2D eigenvalue weighted by molar-refractivity contribution is 6.74. The molecule has 7 nitrogen and oxygen atoms in total. The molecule has 0 saturated carbocycles. The maximum atomic E-state index is 13.0. The molecule has 0 saturated heterocycles. The van der Waals surface area contributed by atoms with E-state index in [9.17, 15) is 23.1 Å². The van der Waals surface area contributed by atoms with Crippen molar-refractivity contribution < 1.29 is 27.5 Å². The van der Waals surface area contributed by atoms with E-state index in [1.807, 2.05) is 0 Å². The van der Waals surface area contributed by atoms with Crippen LogP contribution in [-0.4, -0.2) is 40.7 Å². The van der Waals surface area contributed by atoms with Gasteiger partial charge in [0.2, 0.25) is 0 Å². The molecule has 0 radical (unpaired) electrons. The van der Waals surface area contributed by atoms with E-state index >= 15 is 0 Å². The second-order valence-corrected chi connectivity index (χ2v) is 15.7. The van der Waals surface area contributed by atoms with Crippen LogP contribution in [0.25, 0.3) is 10.9 Å². The summed E-state index contributed by atoms with van der Waals surface area (Å²) in [6, 6.07) is 6.43. The van der Waals surface area contributed by atoms with Gasteiger partial charge in [-0.2, -0.15) is 18.3 Å². The first-order chi connectivity index (χ1) is 16.4. The van der Waals surface area contributed by atoms with Crippen molar-refractivity contribution in [2.24, 2.45) is 0 Å². The van der Waals surface area contributed by atoms with Gasteiger partial charge in [-0.25, -0.2) is 4.98 Å². The number of benzene rings is 1. The lowest BCUT2D eigenvalue weighted by Crippen LogP contribution is -2.41. The summed E-state index contributed by atoms with van der Waals surface area (Å²) >= 11 is 0. The SMILES string of the molecule is CC(C)(O)c1cc2nn(CCO[Si](C)(C)C(C)(C)C)cc2cc1NC(=O)c1cccc(C(F)(F)F)n1. The third-order valence-corrected chi connectivity index (χ3v) is 11.0.